The lowest BCUT2D eigenvalue weighted by molar-refractivity contribution is 0.217. The minimum Gasteiger partial charge on any atom is -0.211 e. The maximum Gasteiger partial charge on any atom is 0.230 e. The van der Waals surface area contributed by atoms with Crippen molar-refractivity contribution in [3.05, 3.63) is 0 Å². The largest absolute Gasteiger partial charge is 0.230 e. The normalized spacial score (nSPS) is 21.9. The Morgan fingerprint density at radius 1 is 1.62 bits per heavy atom. The Kier molecular flexibility index (Phi) is 2.94. The van der Waals surface area contributed by atoms with E-state index in [2.05, 4.69) is 0 Å². The summed E-state index contributed by atoms with van der Waals surface area (Å²) in [5, 5.41) is 7.78. The van der Waals surface area contributed by atoms with Gasteiger partial charge in [0, 0.05) is 13.1 Å². The van der Waals surface area contributed by atoms with Gasteiger partial charge in [0.15, 0.2) is 5.25 Å². The van der Waals surface area contributed by atoms with Crippen molar-refractivity contribution in [2.24, 2.45) is 5.92 Å². The molecule has 4 nitrogen and oxygen atoms in total. The van der Waals surface area contributed by atoms with Crippen LogP contribution < -0.4 is 0 Å². The summed E-state index contributed by atoms with van der Waals surface area (Å²) in [5.74, 6) is 0.436. The monoisotopic (exact) mass is 202 g/mol. The van der Waals surface area contributed by atoms with Gasteiger partial charge in [0.25, 0.3) is 0 Å². The Labute approximate surface area is 79.2 Å². The van der Waals surface area contributed by atoms with Crippen LogP contribution in [0.1, 0.15) is 20.3 Å². The first-order valence-electron chi connectivity index (χ1n) is 4.41. The topological polar surface area (TPSA) is 61.2 Å². The van der Waals surface area contributed by atoms with E-state index >= 15 is 0 Å². The number of hydrogen-bond donors (Lipinski definition) is 0. The summed E-state index contributed by atoms with van der Waals surface area (Å²) in [4.78, 5) is 0. The third-order valence-corrected chi connectivity index (χ3v) is 4.44. The summed E-state index contributed by atoms with van der Waals surface area (Å²) in [6.45, 7) is 4.86. The van der Waals surface area contributed by atoms with Crippen molar-refractivity contribution in [3.8, 4) is 6.07 Å². The molecule has 13 heavy (non-hydrogen) atoms. The van der Waals surface area contributed by atoms with Gasteiger partial charge in [-0.2, -0.15) is 5.26 Å². The molecule has 74 valence electrons. The second-order valence-electron chi connectivity index (χ2n) is 3.49. The first kappa shape index (κ1) is 10.5. The van der Waals surface area contributed by atoms with Gasteiger partial charge in [-0.3, -0.25) is 0 Å². The maximum absolute atomic E-state index is 11.6. The maximum atomic E-state index is 11.6. The third kappa shape index (κ3) is 1.84. The van der Waals surface area contributed by atoms with Gasteiger partial charge in [0.1, 0.15) is 0 Å². The van der Waals surface area contributed by atoms with Crippen molar-refractivity contribution in [1.29, 1.82) is 5.26 Å². The Hall–Kier alpha value is -0.600. The van der Waals surface area contributed by atoms with Gasteiger partial charge in [-0.1, -0.05) is 13.8 Å². The minimum absolute atomic E-state index is 0.365. The molecular weight excluding hydrogens is 188 g/mol. The molecule has 5 heteroatoms. The molecule has 1 fully saturated rings. The zero-order valence-corrected chi connectivity index (χ0v) is 8.71. The fourth-order valence-corrected chi connectivity index (χ4v) is 3.24. The molecule has 0 spiro atoms. The Bertz CT molecular complexity index is 312. The van der Waals surface area contributed by atoms with Gasteiger partial charge in [-0.25, -0.2) is 12.7 Å². The Morgan fingerprint density at radius 2 is 2.15 bits per heavy atom. The van der Waals surface area contributed by atoms with Crippen LogP contribution in [0.2, 0.25) is 0 Å². The molecule has 0 N–H and O–H groups in total. The lowest BCUT2D eigenvalue weighted by Gasteiger charge is -2.36. The van der Waals surface area contributed by atoms with E-state index in [4.69, 9.17) is 5.26 Å². The SMILES string of the molecule is CCC(C#N)S(=O)(=O)N1CC(C)C1. The lowest BCUT2D eigenvalue weighted by atomic mass is 10.1. The van der Waals surface area contributed by atoms with E-state index in [-0.39, 0.29) is 0 Å². The zero-order valence-electron chi connectivity index (χ0n) is 7.90. The number of sulfonamides is 1. The van der Waals surface area contributed by atoms with Gasteiger partial charge in [-0.15, -0.1) is 0 Å². The molecule has 0 aromatic carbocycles. The van der Waals surface area contributed by atoms with Crippen LogP contribution in [0.5, 0.6) is 0 Å². The van der Waals surface area contributed by atoms with E-state index in [1.807, 2.05) is 13.0 Å². The third-order valence-electron chi connectivity index (χ3n) is 2.26. The first-order chi connectivity index (χ1) is 6.02. The quantitative estimate of drug-likeness (QED) is 0.672. The Balaban J connectivity index is 2.72. The van der Waals surface area contributed by atoms with Crippen LogP contribution in [-0.4, -0.2) is 31.1 Å². The van der Waals surface area contributed by atoms with Crippen molar-refractivity contribution in [1.82, 2.24) is 4.31 Å². The van der Waals surface area contributed by atoms with Crippen molar-refractivity contribution in [2.75, 3.05) is 13.1 Å². The van der Waals surface area contributed by atoms with E-state index in [9.17, 15) is 8.42 Å². The molecule has 0 radical (unpaired) electrons. The van der Waals surface area contributed by atoms with Crippen LogP contribution in [0.4, 0.5) is 0 Å². The second-order valence-corrected chi connectivity index (χ2v) is 5.61. The first-order valence-corrected chi connectivity index (χ1v) is 5.91. The smallest absolute Gasteiger partial charge is 0.211 e. The van der Waals surface area contributed by atoms with Gasteiger partial charge in [-0.05, 0) is 12.3 Å². The molecule has 1 atom stereocenters. The van der Waals surface area contributed by atoms with Crippen LogP contribution in [-0.2, 0) is 10.0 Å². The predicted octanol–water partition coefficient (Wildman–Crippen LogP) is 0.570. The highest BCUT2D eigenvalue weighted by Gasteiger charge is 2.37. The highest BCUT2D eigenvalue weighted by molar-refractivity contribution is 7.90. The fourth-order valence-electron chi connectivity index (χ4n) is 1.40. The van der Waals surface area contributed by atoms with Crippen LogP contribution in [0.3, 0.4) is 0 Å². The van der Waals surface area contributed by atoms with Crippen molar-refractivity contribution < 1.29 is 8.42 Å². The van der Waals surface area contributed by atoms with Gasteiger partial charge < -0.3 is 0 Å². The number of rotatable bonds is 3. The molecule has 1 aliphatic heterocycles. The van der Waals surface area contributed by atoms with E-state index in [0.29, 0.717) is 25.4 Å². The van der Waals surface area contributed by atoms with Crippen LogP contribution in [0.25, 0.3) is 0 Å². The molecule has 1 rings (SSSR count). The van der Waals surface area contributed by atoms with Gasteiger partial charge >= 0.3 is 0 Å². The molecule has 1 unspecified atom stereocenters. The van der Waals surface area contributed by atoms with Crippen molar-refractivity contribution in [2.45, 2.75) is 25.5 Å². The van der Waals surface area contributed by atoms with E-state index in [0.717, 1.165) is 0 Å². The molecule has 1 aliphatic rings. The number of hydrogen-bond acceptors (Lipinski definition) is 3. The van der Waals surface area contributed by atoms with Crippen molar-refractivity contribution >= 4 is 10.0 Å². The van der Waals surface area contributed by atoms with Crippen molar-refractivity contribution in [3.63, 3.8) is 0 Å². The molecule has 0 bridgehead atoms. The lowest BCUT2D eigenvalue weighted by Crippen LogP contribution is -2.51. The van der Waals surface area contributed by atoms with Crippen LogP contribution in [0, 0.1) is 17.2 Å². The number of nitrogens with zero attached hydrogens (tertiary/aromatic N) is 2. The molecular formula is C8H14N2O2S. The standard InChI is InChI=1S/C8H14N2O2S/c1-3-8(4-9)13(11,12)10-5-7(2)6-10/h7-8H,3,5-6H2,1-2H3. The summed E-state index contributed by atoms with van der Waals surface area (Å²) >= 11 is 0. The molecule has 0 amide bonds. The number of nitriles is 1. The highest BCUT2D eigenvalue weighted by atomic mass is 32.2. The molecule has 0 aliphatic carbocycles. The summed E-state index contributed by atoms with van der Waals surface area (Å²) in [5.41, 5.74) is 0. The summed E-state index contributed by atoms with van der Waals surface area (Å²) in [7, 11) is -3.33. The highest BCUT2D eigenvalue weighted by Crippen LogP contribution is 2.22. The molecule has 1 heterocycles. The molecule has 0 aromatic heterocycles. The molecule has 0 aromatic rings. The van der Waals surface area contributed by atoms with Crippen LogP contribution in [0.15, 0.2) is 0 Å². The summed E-state index contributed by atoms with van der Waals surface area (Å²) in [6, 6.07) is 1.83. The second kappa shape index (κ2) is 3.64. The summed E-state index contributed by atoms with van der Waals surface area (Å²) < 4.78 is 24.6. The fraction of sp³-hybridized carbons (Fsp3) is 0.875. The van der Waals surface area contributed by atoms with E-state index < -0.39 is 15.3 Å². The summed E-state index contributed by atoms with van der Waals surface area (Å²) in [6.07, 6.45) is 0.365. The molecule has 1 saturated heterocycles. The average Bonchev–Trinajstić information content (AvgIpc) is 2.00. The average molecular weight is 202 g/mol. The predicted molar refractivity (Wildman–Crippen MR) is 49.3 cm³/mol. The van der Waals surface area contributed by atoms with Crippen LogP contribution >= 0.6 is 0 Å². The van der Waals surface area contributed by atoms with Gasteiger partial charge in [0.2, 0.25) is 10.0 Å². The zero-order chi connectivity index (χ0) is 10.1. The minimum atomic E-state index is -3.33. The van der Waals surface area contributed by atoms with E-state index in [1.54, 1.807) is 6.92 Å². The molecule has 0 saturated carbocycles. The van der Waals surface area contributed by atoms with E-state index in [1.165, 1.54) is 4.31 Å². The van der Waals surface area contributed by atoms with Gasteiger partial charge in [0.05, 0.1) is 6.07 Å². The Morgan fingerprint density at radius 3 is 2.46 bits per heavy atom.